The molecule has 0 unspecified atom stereocenters. The lowest BCUT2D eigenvalue weighted by Crippen LogP contribution is -2.43. The van der Waals surface area contributed by atoms with Crippen molar-refractivity contribution in [1.29, 1.82) is 0 Å². The fraction of sp³-hybridized carbons (Fsp3) is 0.368. The van der Waals surface area contributed by atoms with Crippen LogP contribution in [0.15, 0.2) is 36.5 Å². The number of halogens is 3. The van der Waals surface area contributed by atoms with Gasteiger partial charge < -0.3 is 15.0 Å². The van der Waals surface area contributed by atoms with Crippen LogP contribution in [0.2, 0.25) is 0 Å². The summed E-state index contributed by atoms with van der Waals surface area (Å²) < 4.78 is 38.6. The molecule has 8 heteroatoms. The van der Waals surface area contributed by atoms with Crippen molar-refractivity contribution in [1.82, 2.24) is 15.0 Å². The first-order valence-electron chi connectivity index (χ1n) is 8.73. The van der Waals surface area contributed by atoms with Crippen LogP contribution in [0.4, 0.5) is 19.1 Å². The first kappa shape index (κ1) is 17.8. The average molecular weight is 376 g/mol. The Morgan fingerprint density at radius 1 is 1.19 bits per heavy atom. The number of hydrogen-bond acceptors (Lipinski definition) is 4. The molecule has 2 N–H and O–H groups in total. The summed E-state index contributed by atoms with van der Waals surface area (Å²) in [4.78, 5) is 13.7. The molecule has 4 rings (SSSR count). The third-order valence-electron chi connectivity index (χ3n) is 5.14. The van der Waals surface area contributed by atoms with E-state index in [9.17, 15) is 18.3 Å². The van der Waals surface area contributed by atoms with Crippen LogP contribution >= 0.6 is 0 Å². The zero-order valence-electron chi connectivity index (χ0n) is 14.7. The van der Waals surface area contributed by atoms with Crippen LogP contribution in [0.1, 0.15) is 29.7 Å². The lowest BCUT2D eigenvalue weighted by atomic mass is 9.86. The lowest BCUT2D eigenvalue weighted by Gasteiger charge is -2.38. The van der Waals surface area contributed by atoms with Crippen molar-refractivity contribution < 1.29 is 18.3 Å². The van der Waals surface area contributed by atoms with Crippen molar-refractivity contribution in [3.63, 3.8) is 0 Å². The molecular formula is C19H19F3N4O. The summed E-state index contributed by atoms with van der Waals surface area (Å²) in [7, 11) is 0. The Morgan fingerprint density at radius 3 is 2.59 bits per heavy atom. The summed E-state index contributed by atoms with van der Waals surface area (Å²) >= 11 is 0. The SMILES string of the molecule is Cc1cccnc1C1(O)CCN(c2nc3ccc(C(F)(F)F)cc3[nH]2)CC1. The van der Waals surface area contributed by atoms with Crippen molar-refractivity contribution in [2.24, 2.45) is 0 Å². The van der Waals surface area contributed by atoms with Crippen molar-refractivity contribution >= 4 is 17.0 Å². The molecule has 1 fully saturated rings. The summed E-state index contributed by atoms with van der Waals surface area (Å²) in [5, 5.41) is 11.0. The van der Waals surface area contributed by atoms with Crippen LogP contribution in [0.3, 0.4) is 0 Å². The molecule has 1 aliphatic heterocycles. The van der Waals surface area contributed by atoms with Gasteiger partial charge in [-0.25, -0.2) is 4.98 Å². The number of alkyl halides is 3. The predicted molar refractivity (Wildman–Crippen MR) is 95.4 cm³/mol. The molecule has 27 heavy (non-hydrogen) atoms. The van der Waals surface area contributed by atoms with Gasteiger partial charge in [0.1, 0.15) is 5.60 Å². The highest BCUT2D eigenvalue weighted by atomic mass is 19.4. The van der Waals surface area contributed by atoms with Gasteiger partial charge in [-0.3, -0.25) is 4.98 Å². The van der Waals surface area contributed by atoms with Crippen LogP contribution in [-0.2, 0) is 11.8 Å². The van der Waals surface area contributed by atoms with E-state index in [0.29, 0.717) is 48.6 Å². The van der Waals surface area contributed by atoms with E-state index >= 15 is 0 Å². The zero-order valence-corrected chi connectivity index (χ0v) is 14.7. The standard InChI is InChI=1S/C19H19F3N4O/c1-12-3-2-8-23-16(12)18(27)6-9-26(10-7-18)17-24-14-5-4-13(19(20,21)22)11-15(14)25-17/h2-5,8,11,27H,6-7,9-10H2,1H3,(H,24,25). The number of anilines is 1. The minimum Gasteiger partial charge on any atom is -0.383 e. The van der Waals surface area contributed by atoms with Crippen LogP contribution < -0.4 is 4.90 Å². The molecule has 3 aromatic rings. The number of H-pyrrole nitrogens is 1. The molecule has 1 aromatic carbocycles. The second-order valence-corrected chi connectivity index (χ2v) is 6.98. The van der Waals surface area contributed by atoms with Gasteiger partial charge in [0.15, 0.2) is 0 Å². The van der Waals surface area contributed by atoms with Gasteiger partial charge in [0.05, 0.1) is 22.3 Å². The average Bonchev–Trinajstić information content (AvgIpc) is 3.05. The topological polar surface area (TPSA) is 65.0 Å². The third-order valence-corrected chi connectivity index (χ3v) is 5.14. The number of nitrogens with one attached hydrogen (secondary N) is 1. The van der Waals surface area contributed by atoms with Crippen molar-refractivity contribution in [3.05, 3.63) is 53.3 Å². The largest absolute Gasteiger partial charge is 0.416 e. The Bertz CT molecular complexity index is 974. The highest BCUT2D eigenvalue weighted by Gasteiger charge is 2.37. The van der Waals surface area contributed by atoms with E-state index in [4.69, 9.17) is 0 Å². The van der Waals surface area contributed by atoms with Gasteiger partial charge in [0.25, 0.3) is 0 Å². The maximum absolute atomic E-state index is 12.9. The van der Waals surface area contributed by atoms with Crippen LogP contribution in [0.5, 0.6) is 0 Å². The fourth-order valence-electron chi connectivity index (χ4n) is 3.62. The number of imidazole rings is 1. The molecular weight excluding hydrogens is 357 g/mol. The molecule has 1 saturated heterocycles. The summed E-state index contributed by atoms with van der Waals surface area (Å²) in [5.74, 6) is 0.518. The molecule has 0 saturated carbocycles. The molecule has 3 heterocycles. The van der Waals surface area contributed by atoms with E-state index in [1.54, 1.807) is 6.20 Å². The fourth-order valence-corrected chi connectivity index (χ4v) is 3.62. The number of fused-ring (bicyclic) bond motifs is 1. The molecule has 1 aliphatic rings. The maximum atomic E-state index is 12.9. The number of piperidine rings is 1. The van der Waals surface area contributed by atoms with Crippen molar-refractivity contribution in [2.45, 2.75) is 31.5 Å². The first-order chi connectivity index (χ1) is 12.8. The van der Waals surface area contributed by atoms with Crippen LogP contribution in [-0.4, -0.2) is 33.1 Å². The van der Waals surface area contributed by atoms with Crippen LogP contribution in [0.25, 0.3) is 11.0 Å². The Morgan fingerprint density at radius 2 is 1.93 bits per heavy atom. The van der Waals surface area contributed by atoms with Crippen LogP contribution in [0, 0.1) is 6.92 Å². The second-order valence-electron chi connectivity index (χ2n) is 6.98. The Hall–Kier alpha value is -2.61. The summed E-state index contributed by atoms with van der Waals surface area (Å²) in [6.45, 7) is 2.97. The molecule has 0 atom stereocenters. The second kappa shape index (κ2) is 6.23. The zero-order chi connectivity index (χ0) is 19.2. The van der Waals surface area contributed by atoms with Gasteiger partial charge in [-0.05, 0) is 49.6 Å². The van der Waals surface area contributed by atoms with Crippen molar-refractivity contribution in [2.75, 3.05) is 18.0 Å². The van der Waals surface area contributed by atoms with Gasteiger partial charge in [-0.2, -0.15) is 13.2 Å². The number of aromatic nitrogens is 3. The van der Waals surface area contributed by atoms with Gasteiger partial charge in [0, 0.05) is 19.3 Å². The van der Waals surface area contributed by atoms with E-state index in [2.05, 4.69) is 15.0 Å². The molecule has 0 bridgehead atoms. The highest BCUT2D eigenvalue weighted by Crippen LogP contribution is 2.35. The van der Waals surface area contributed by atoms with E-state index in [0.717, 1.165) is 17.7 Å². The molecule has 0 aliphatic carbocycles. The maximum Gasteiger partial charge on any atom is 0.416 e. The Labute approximate surface area is 153 Å². The van der Waals surface area contributed by atoms with Crippen molar-refractivity contribution in [3.8, 4) is 0 Å². The minimum atomic E-state index is -4.39. The molecule has 2 aromatic heterocycles. The van der Waals surface area contributed by atoms with E-state index in [1.165, 1.54) is 6.07 Å². The van der Waals surface area contributed by atoms with Gasteiger partial charge >= 0.3 is 6.18 Å². The molecule has 5 nitrogen and oxygen atoms in total. The predicted octanol–water partition coefficient (Wildman–Crippen LogP) is 3.77. The molecule has 142 valence electrons. The van der Waals surface area contributed by atoms with Gasteiger partial charge in [0.2, 0.25) is 5.95 Å². The smallest absolute Gasteiger partial charge is 0.383 e. The summed E-state index contributed by atoms with van der Waals surface area (Å²) in [6.07, 6.45) is -1.78. The molecule has 0 amide bonds. The minimum absolute atomic E-state index is 0.348. The van der Waals surface area contributed by atoms with E-state index in [1.807, 2.05) is 24.0 Å². The number of hydrogen-bond donors (Lipinski definition) is 2. The number of aliphatic hydroxyl groups is 1. The Balaban J connectivity index is 1.55. The number of aromatic amines is 1. The Kier molecular flexibility index (Phi) is 4.10. The first-order valence-corrected chi connectivity index (χ1v) is 8.73. The van der Waals surface area contributed by atoms with E-state index < -0.39 is 17.3 Å². The number of benzene rings is 1. The normalized spacial score (nSPS) is 17.4. The summed E-state index contributed by atoms with van der Waals surface area (Å²) in [6, 6.07) is 7.23. The number of rotatable bonds is 2. The third kappa shape index (κ3) is 3.25. The highest BCUT2D eigenvalue weighted by molar-refractivity contribution is 5.78. The molecule has 0 spiro atoms. The lowest BCUT2D eigenvalue weighted by molar-refractivity contribution is -0.137. The van der Waals surface area contributed by atoms with Gasteiger partial charge in [-0.15, -0.1) is 0 Å². The monoisotopic (exact) mass is 376 g/mol. The number of aryl methyl sites for hydroxylation is 1. The van der Waals surface area contributed by atoms with E-state index in [-0.39, 0.29) is 0 Å². The number of nitrogens with zero attached hydrogens (tertiary/aromatic N) is 3. The summed E-state index contributed by atoms with van der Waals surface area (Å²) in [5.41, 5.74) is 0.752. The van der Waals surface area contributed by atoms with Gasteiger partial charge in [-0.1, -0.05) is 6.07 Å². The quantitative estimate of drug-likeness (QED) is 0.715. The number of pyridine rings is 1. The molecule has 0 radical (unpaired) electrons.